The van der Waals surface area contributed by atoms with Crippen LogP contribution in [0.5, 0.6) is 0 Å². The van der Waals surface area contributed by atoms with Crippen molar-refractivity contribution >= 4 is 12.0 Å². The van der Waals surface area contributed by atoms with E-state index in [2.05, 4.69) is 10.2 Å². The van der Waals surface area contributed by atoms with Crippen LogP contribution in [0.25, 0.3) is 0 Å². The highest BCUT2D eigenvalue weighted by atomic mass is 19.1. The van der Waals surface area contributed by atoms with Gasteiger partial charge in [0.15, 0.2) is 0 Å². The number of aliphatic carboxylic acids is 1. The Balaban J connectivity index is 1.90. The molecule has 0 bridgehead atoms. The van der Waals surface area contributed by atoms with Crippen molar-refractivity contribution in [2.24, 2.45) is 5.92 Å². The van der Waals surface area contributed by atoms with Gasteiger partial charge >= 0.3 is 12.0 Å². The summed E-state index contributed by atoms with van der Waals surface area (Å²) >= 11 is 0. The third kappa shape index (κ3) is 5.70. The molecule has 25 heavy (non-hydrogen) atoms. The van der Waals surface area contributed by atoms with E-state index in [9.17, 15) is 19.1 Å². The zero-order valence-corrected chi connectivity index (χ0v) is 14.7. The minimum absolute atomic E-state index is 0.182. The highest BCUT2D eigenvalue weighted by Crippen LogP contribution is 2.11. The second-order valence-corrected chi connectivity index (χ2v) is 6.76. The molecule has 6 nitrogen and oxygen atoms in total. The van der Waals surface area contributed by atoms with Gasteiger partial charge in [0.05, 0.1) is 0 Å². The van der Waals surface area contributed by atoms with Gasteiger partial charge in [0.25, 0.3) is 0 Å². The molecule has 2 N–H and O–H groups in total. The fourth-order valence-corrected chi connectivity index (χ4v) is 2.96. The zero-order chi connectivity index (χ0) is 18.4. The number of amides is 2. The number of benzene rings is 1. The number of carboxylic acids is 1. The van der Waals surface area contributed by atoms with Crippen molar-refractivity contribution in [1.82, 2.24) is 15.1 Å². The Labute approximate surface area is 147 Å². The van der Waals surface area contributed by atoms with Crippen LogP contribution >= 0.6 is 0 Å². The van der Waals surface area contributed by atoms with Crippen molar-refractivity contribution in [3.63, 3.8) is 0 Å². The fraction of sp³-hybridized carbons (Fsp3) is 0.556. The van der Waals surface area contributed by atoms with Crippen LogP contribution in [0.3, 0.4) is 0 Å². The van der Waals surface area contributed by atoms with Crippen LogP contribution in [0.4, 0.5) is 9.18 Å². The largest absolute Gasteiger partial charge is 0.480 e. The second kappa shape index (κ2) is 8.80. The normalized spacial score (nSPS) is 17.2. The SMILES string of the molecule is CC(C)[C@@H](NC(=O)N1CCCN(Cc2cccc(F)c2)CC1)C(=O)O. The van der Waals surface area contributed by atoms with Gasteiger partial charge in [-0.2, -0.15) is 0 Å². The summed E-state index contributed by atoms with van der Waals surface area (Å²) in [6.07, 6.45) is 0.794. The second-order valence-electron chi connectivity index (χ2n) is 6.76. The number of nitrogens with one attached hydrogen (secondary N) is 1. The summed E-state index contributed by atoms with van der Waals surface area (Å²) in [5.41, 5.74) is 0.906. The van der Waals surface area contributed by atoms with Crippen LogP contribution in [0, 0.1) is 11.7 Å². The topological polar surface area (TPSA) is 72.9 Å². The number of carbonyl (C=O) groups is 2. The van der Waals surface area contributed by atoms with Crippen molar-refractivity contribution in [2.45, 2.75) is 32.9 Å². The zero-order valence-electron chi connectivity index (χ0n) is 14.7. The first-order chi connectivity index (χ1) is 11.9. The number of carboxylic acid groups (broad SMARTS) is 1. The van der Waals surface area contributed by atoms with E-state index in [1.807, 2.05) is 6.07 Å². The maximum atomic E-state index is 13.3. The Morgan fingerprint density at radius 1 is 1.24 bits per heavy atom. The molecule has 1 fully saturated rings. The lowest BCUT2D eigenvalue weighted by molar-refractivity contribution is -0.140. The maximum Gasteiger partial charge on any atom is 0.326 e. The molecule has 1 aliphatic rings. The quantitative estimate of drug-likeness (QED) is 0.853. The van der Waals surface area contributed by atoms with Gasteiger partial charge in [-0.05, 0) is 30.0 Å². The fourth-order valence-electron chi connectivity index (χ4n) is 2.96. The molecule has 2 rings (SSSR count). The summed E-state index contributed by atoms with van der Waals surface area (Å²) in [5, 5.41) is 11.8. The standard InChI is InChI=1S/C18H26FN3O3/c1-13(2)16(17(23)24)20-18(25)22-8-4-7-21(9-10-22)12-14-5-3-6-15(19)11-14/h3,5-6,11,13,16H,4,7-10,12H2,1-2H3,(H,20,25)(H,23,24)/t16-/m1/s1. The highest BCUT2D eigenvalue weighted by Gasteiger charge is 2.27. The lowest BCUT2D eigenvalue weighted by Gasteiger charge is -2.25. The maximum absolute atomic E-state index is 13.3. The minimum atomic E-state index is -1.02. The van der Waals surface area contributed by atoms with Gasteiger partial charge in [-0.1, -0.05) is 26.0 Å². The molecule has 1 aromatic rings. The predicted molar refractivity (Wildman–Crippen MR) is 92.7 cm³/mol. The van der Waals surface area contributed by atoms with Crippen molar-refractivity contribution in [2.75, 3.05) is 26.2 Å². The summed E-state index contributed by atoms with van der Waals surface area (Å²) in [5.74, 6) is -1.45. The predicted octanol–water partition coefficient (Wildman–Crippen LogP) is 2.15. The number of nitrogens with zero attached hydrogens (tertiary/aromatic N) is 2. The molecule has 1 aliphatic heterocycles. The molecule has 0 spiro atoms. The van der Waals surface area contributed by atoms with Crippen molar-refractivity contribution in [3.05, 3.63) is 35.6 Å². The van der Waals surface area contributed by atoms with Gasteiger partial charge in [-0.3, -0.25) is 4.90 Å². The van der Waals surface area contributed by atoms with Gasteiger partial charge < -0.3 is 15.3 Å². The van der Waals surface area contributed by atoms with E-state index in [4.69, 9.17) is 0 Å². The molecule has 1 atom stereocenters. The van der Waals surface area contributed by atoms with Crippen molar-refractivity contribution < 1.29 is 19.1 Å². The molecule has 0 radical (unpaired) electrons. The van der Waals surface area contributed by atoms with E-state index < -0.39 is 12.0 Å². The summed E-state index contributed by atoms with van der Waals surface area (Å²) in [6.45, 7) is 6.75. The Bertz CT molecular complexity index is 609. The van der Waals surface area contributed by atoms with E-state index in [1.165, 1.54) is 12.1 Å². The number of hydrogen-bond donors (Lipinski definition) is 2. The third-order valence-electron chi connectivity index (χ3n) is 4.38. The van der Waals surface area contributed by atoms with Crippen LogP contribution in [0.1, 0.15) is 25.8 Å². The van der Waals surface area contributed by atoms with Gasteiger partial charge in [0, 0.05) is 32.7 Å². The average Bonchev–Trinajstić information content (AvgIpc) is 2.77. The first-order valence-electron chi connectivity index (χ1n) is 8.62. The van der Waals surface area contributed by atoms with Crippen LogP contribution < -0.4 is 5.32 Å². The first kappa shape index (κ1) is 19.2. The molecular weight excluding hydrogens is 325 g/mol. The van der Waals surface area contributed by atoms with Crippen molar-refractivity contribution in [3.8, 4) is 0 Å². The Morgan fingerprint density at radius 3 is 2.64 bits per heavy atom. The summed E-state index contributed by atoms with van der Waals surface area (Å²) in [7, 11) is 0. The molecule has 7 heteroatoms. The van der Waals surface area contributed by atoms with Gasteiger partial charge in [0.1, 0.15) is 11.9 Å². The summed E-state index contributed by atoms with van der Waals surface area (Å²) in [6, 6.07) is 5.30. The molecule has 1 saturated heterocycles. The lowest BCUT2D eigenvalue weighted by atomic mass is 10.1. The van der Waals surface area contributed by atoms with Crippen LogP contribution in [0.2, 0.25) is 0 Å². The molecular formula is C18H26FN3O3. The monoisotopic (exact) mass is 351 g/mol. The van der Waals surface area contributed by atoms with E-state index >= 15 is 0 Å². The number of rotatable bonds is 5. The van der Waals surface area contributed by atoms with E-state index in [1.54, 1.807) is 24.8 Å². The third-order valence-corrected chi connectivity index (χ3v) is 4.38. The van der Waals surface area contributed by atoms with Crippen LogP contribution in [0.15, 0.2) is 24.3 Å². The average molecular weight is 351 g/mol. The van der Waals surface area contributed by atoms with Gasteiger partial charge in [-0.15, -0.1) is 0 Å². The highest BCUT2D eigenvalue weighted by molar-refractivity contribution is 5.82. The lowest BCUT2D eigenvalue weighted by Crippen LogP contribution is -2.50. The molecule has 0 aromatic heterocycles. The number of hydrogen-bond acceptors (Lipinski definition) is 3. The first-order valence-corrected chi connectivity index (χ1v) is 8.62. The molecule has 1 aromatic carbocycles. The van der Waals surface area contributed by atoms with E-state index in [0.717, 1.165) is 18.5 Å². The smallest absolute Gasteiger partial charge is 0.326 e. The number of carbonyl (C=O) groups excluding carboxylic acids is 1. The summed E-state index contributed by atoms with van der Waals surface area (Å²) in [4.78, 5) is 27.4. The molecule has 138 valence electrons. The Morgan fingerprint density at radius 2 is 2.00 bits per heavy atom. The molecule has 2 amide bonds. The van der Waals surface area contributed by atoms with Crippen LogP contribution in [-0.2, 0) is 11.3 Å². The number of urea groups is 1. The van der Waals surface area contributed by atoms with Crippen molar-refractivity contribution in [1.29, 1.82) is 0 Å². The number of halogens is 1. The minimum Gasteiger partial charge on any atom is -0.480 e. The van der Waals surface area contributed by atoms with Gasteiger partial charge in [0.2, 0.25) is 0 Å². The molecule has 0 unspecified atom stereocenters. The van der Waals surface area contributed by atoms with Crippen LogP contribution in [-0.4, -0.2) is 59.1 Å². The summed E-state index contributed by atoms with van der Waals surface area (Å²) < 4.78 is 13.3. The van der Waals surface area contributed by atoms with E-state index in [-0.39, 0.29) is 17.8 Å². The molecule has 0 saturated carbocycles. The Hall–Kier alpha value is -2.15. The Kier molecular flexibility index (Phi) is 6.75. The van der Waals surface area contributed by atoms with E-state index in [0.29, 0.717) is 26.2 Å². The molecule has 1 heterocycles. The molecule has 0 aliphatic carbocycles. The van der Waals surface area contributed by atoms with Gasteiger partial charge in [-0.25, -0.2) is 14.0 Å².